The van der Waals surface area contributed by atoms with Gasteiger partial charge in [0, 0.05) is 29.8 Å². The van der Waals surface area contributed by atoms with Gasteiger partial charge in [-0.25, -0.2) is 0 Å². The van der Waals surface area contributed by atoms with Crippen molar-refractivity contribution in [2.75, 3.05) is 6.54 Å². The van der Waals surface area contributed by atoms with Crippen molar-refractivity contribution in [3.8, 4) is 0 Å². The summed E-state index contributed by atoms with van der Waals surface area (Å²) in [6.07, 6.45) is 0.784. The van der Waals surface area contributed by atoms with Crippen LogP contribution in [0.2, 0.25) is 0 Å². The number of rotatable bonds is 6. The predicted octanol–water partition coefficient (Wildman–Crippen LogP) is 1.68. The molecule has 2 N–H and O–H groups in total. The topological polar surface area (TPSA) is 88.0 Å². The Morgan fingerprint density at radius 2 is 2.05 bits per heavy atom. The maximum absolute atomic E-state index is 10.9. The van der Waals surface area contributed by atoms with Gasteiger partial charge in [-0.1, -0.05) is 23.5 Å². The molecule has 0 bridgehead atoms. The molecule has 0 spiro atoms. The van der Waals surface area contributed by atoms with Gasteiger partial charge in [0.2, 0.25) is 0 Å². The Morgan fingerprint density at radius 1 is 1.32 bits per heavy atom. The highest BCUT2D eigenvalue weighted by molar-refractivity contribution is 7.07. The van der Waals surface area contributed by atoms with Gasteiger partial charge < -0.3 is 10.3 Å². The Bertz CT molecular complexity index is 603. The first-order chi connectivity index (χ1) is 9.15. The van der Waals surface area contributed by atoms with E-state index in [1.54, 1.807) is 17.5 Å². The van der Waals surface area contributed by atoms with Crippen molar-refractivity contribution in [3.63, 3.8) is 0 Å². The van der Waals surface area contributed by atoms with E-state index < -0.39 is 4.92 Å². The van der Waals surface area contributed by atoms with Crippen LogP contribution in [-0.4, -0.2) is 16.5 Å². The van der Waals surface area contributed by atoms with Crippen molar-refractivity contribution in [2.24, 2.45) is 0 Å². The molecule has 0 saturated heterocycles. The van der Waals surface area contributed by atoms with E-state index >= 15 is 0 Å². The summed E-state index contributed by atoms with van der Waals surface area (Å²) in [5, 5.41) is 15.5. The van der Waals surface area contributed by atoms with E-state index in [1.165, 1.54) is 12.1 Å². The van der Waals surface area contributed by atoms with Gasteiger partial charge in [0.05, 0.1) is 4.92 Å². The fourth-order valence-corrected chi connectivity index (χ4v) is 2.22. The molecule has 1 heterocycles. The summed E-state index contributed by atoms with van der Waals surface area (Å²) in [4.78, 5) is 23.7. The summed E-state index contributed by atoms with van der Waals surface area (Å²) in [5.41, 5.74) is 2.02. The first kappa shape index (κ1) is 13.4. The van der Waals surface area contributed by atoms with E-state index in [9.17, 15) is 14.9 Å². The van der Waals surface area contributed by atoms with Crippen molar-refractivity contribution in [1.82, 2.24) is 10.3 Å². The molecule has 0 amide bonds. The maximum Gasteiger partial charge on any atom is 0.304 e. The molecule has 0 fully saturated rings. The fourth-order valence-electron chi connectivity index (χ4n) is 1.64. The summed E-state index contributed by atoms with van der Waals surface area (Å²) >= 11 is 1.15. The van der Waals surface area contributed by atoms with Crippen molar-refractivity contribution in [3.05, 3.63) is 60.7 Å². The zero-order chi connectivity index (χ0) is 13.7. The van der Waals surface area contributed by atoms with Crippen LogP contribution in [0.4, 0.5) is 5.69 Å². The molecule has 0 radical (unpaired) electrons. The minimum atomic E-state index is -0.408. The summed E-state index contributed by atoms with van der Waals surface area (Å²) in [5.74, 6) is 0. The summed E-state index contributed by atoms with van der Waals surface area (Å²) in [6, 6.07) is 6.52. The fraction of sp³-hybridized carbons (Fsp3) is 0.250. The van der Waals surface area contributed by atoms with Crippen molar-refractivity contribution in [2.45, 2.75) is 13.0 Å². The zero-order valence-electron chi connectivity index (χ0n) is 10.1. The first-order valence-corrected chi connectivity index (χ1v) is 6.64. The molecule has 100 valence electrons. The van der Waals surface area contributed by atoms with E-state index in [-0.39, 0.29) is 10.6 Å². The number of thiazole rings is 1. The minimum absolute atomic E-state index is 0.0489. The number of nitro groups is 1. The number of hydrogen-bond donors (Lipinski definition) is 2. The second-order valence-corrected chi connectivity index (χ2v) is 4.87. The van der Waals surface area contributed by atoms with Crippen LogP contribution in [0, 0.1) is 10.1 Å². The quantitative estimate of drug-likeness (QED) is 0.478. The number of aromatic nitrogens is 1. The highest BCUT2D eigenvalue weighted by Gasteiger charge is 2.03. The van der Waals surface area contributed by atoms with Gasteiger partial charge in [0.1, 0.15) is 0 Å². The Hall–Kier alpha value is -1.99. The predicted molar refractivity (Wildman–Crippen MR) is 73.4 cm³/mol. The van der Waals surface area contributed by atoms with Crippen molar-refractivity contribution >= 4 is 17.0 Å². The second kappa shape index (κ2) is 6.26. The van der Waals surface area contributed by atoms with Gasteiger partial charge in [-0.05, 0) is 18.5 Å². The number of non-ortho nitro benzene ring substituents is 1. The minimum Gasteiger partial charge on any atom is -0.315 e. The highest BCUT2D eigenvalue weighted by Crippen LogP contribution is 2.11. The first-order valence-electron chi connectivity index (χ1n) is 5.76. The molecule has 1 aromatic heterocycles. The number of nitro benzene ring substituents is 1. The Morgan fingerprint density at radius 3 is 2.63 bits per heavy atom. The molecule has 0 saturated carbocycles. The number of benzene rings is 1. The summed E-state index contributed by atoms with van der Waals surface area (Å²) in [6.45, 7) is 1.36. The molecule has 7 heteroatoms. The van der Waals surface area contributed by atoms with Gasteiger partial charge in [-0.3, -0.25) is 14.9 Å². The normalized spacial score (nSPS) is 10.5. The van der Waals surface area contributed by atoms with Crippen molar-refractivity contribution < 1.29 is 4.92 Å². The van der Waals surface area contributed by atoms with Crippen LogP contribution in [0.1, 0.15) is 11.3 Å². The molecular weight excluding hydrogens is 266 g/mol. The van der Waals surface area contributed by atoms with Crippen LogP contribution in [0.15, 0.2) is 34.4 Å². The maximum atomic E-state index is 10.9. The molecule has 2 rings (SSSR count). The van der Waals surface area contributed by atoms with Gasteiger partial charge in [0.15, 0.2) is 0 Å². The van der Waals surface area contributed by atoms with E-state index in [0.29, 0.717) is 6.54 Å². The Labute approximate surface area is 113 Å². The van der Waals surface area contributed by atoms with Gasteiger partial charge in [0.25, 0.3) is 5.69 Å². The molecule has 0 aliphatic heterocycles. The Balaban J connectivity index is 1.76. The van der Waals surface area contributed by atoms with Gasteiger partial charge in [-0.2, -0.15) is 0 Å². The largest absolute Gasteiger partial charge is 0.315 e. The zero-order valence-corrected chi connectivity index (χ0v) is 10.9. The van der Waals surface area contributed by atoms with Crippen LogP contribution in [0.5, 0.6) is 0 Å². The molecule has 1 aromatic carbocycles. The van der Waals surface area contributed by atoms with Crippen molar-refractivity contribution in [1.29, 1.82) is 0 Å². The lowest BCUT2D eigenvalue weighted by Crippen LogP contribution is -2.17. The third-order valence-electron chi connectivity index (χ3n) is 2.62. The van der Waals surface area contributed by atoms with E-state index in [1.807, 2.05) is 0 Å². The number of hydrogen-bond acceptors (Lipinski definition) is 5. The summed E-state index contributed by atoms with van der Waals surface area (Å²) < 4.78 is 0. The summed E-state index contributed by atoms with van der Waals surface area (Å²) in [7, 11) is 0. The van der Waals surface area contributed by atoms with Crippen LogP contribution in [0.25, 0.3) is 0 Å². The third-order valence-corrected chi connectivity index (χ3v) is 3.34. The van der Waals surface area contributed by atoms with E-state index in [2.05, 4.69) is 10.3 Å². The lowest BCUT2D eigenvalue weighted by atomic mass is 10.1. The molecule has 19 heavy (non-hydrogen) atoms. The average molecular weight is 279 g/mol. The number of aromatic amines is 1. The lowest BCUT2D eigenvalue weighted by Gasteiger charge is -2.03. The second-order valence-electron chi connectivity index (χ2n) is 4.02. The molecular formula is C12H13N3O3S. The van der Waals surface area contributed by atoms with Crippen LogP contribution in [-0.2, 0) is 13.0 Å². The SMILES string of the molecule is O=c1[nH]c(CNCCc2ccc([N+](=O)[O-])cc2)cs1. The molecule has 0 aliphatic rings. The average Bonchev–Trinajstić information content (AvgIpc) is 2.81. The molecule has 6 nitrogen and oxygen atoms in total. The van der Waals surface area contributed by atoms with E-state index in [4.69, 9.17) is 0 Å². The van der Waals surface area contributed by atoms with Crippen LogP contribution < -0.4 is 10.2 Å². The van der Waals surface area contributed by atoms with E-state index in [0.717, 1.165) is 35.6 Å². The molecule has 2 aromatic rings. The Kier molecular flexibility index (Phi) is 4.43. The standard InChI is InChI=1S/C12H13N3O3S/c16-12-14-10(8-19-12)7-13-6-5-9-1-3-11(4-2-9)15(17)18/h1-4,8,13H,5-7H2,(H,14,16). The number of H-pyrrole nitrogens is 1. The highest BCUT2D eigenvalue weighted by atomic mass is 32.1. The lowest BCUT2D eigenvalue weighted by molar-refractivity contribution is -0.384. The number of nitrogens with zero attached hydrogens (tertiary/aromatic N) is 1. The third kappa shape index (κ3) is 4.01. The monoisotopic (exact) mass is 279 g/mol. The number of nitrogens with one attached hydrogen (secondary N) is 2. The van der Waals surface area contributed by atoms with Crippen LogP contribution in [0.3, 0.4) is 0 Å². The molecule has 0 atom stereocenters. The van der Waals surface area contributed by atoms with Gasteiger partial charge >= 0.3 is 4.87 Å². The molecule has 0 aliphatic carbocycles. The molecule has 0 unspecified atom stereocenters. The smallest absolute Gasteiger partial charge is 0.304 e. The van der Waals surface area contributed by atoms with Crippen LogP contribution >= 0.6 is 11.3 Å². The van der Waals surface area contributed by atoms with Gasteiger partial charge in [-0.15, -0.1) is 0 Å².